The van der Waals surface area contributed by atoms with Crippen molar-refractivity contribution < 1.29 is 23.6 Å². The van der Waals surface area contributed by atoms with E-state index in [1.165, 1.54) is 17.4 Å². The van der Waals surface area contributed by atoms with Crippen LogP contribution in [0, 0.1) is 0 Å². The van der Waals surface area contributed by atoms with Crippen LogP contribution in [0.1, 0.15) is 48.0 Å². The molecule has 2 aromatic heterocycles. The number of likely N-dealkylation sites (N-methyl/N-ethyl adjacent to an activating group) is 1. The molecule has 3 aromatic carbocycles. The maximum absolute atomic E-state index is 13.7. The zero-order valence-corrected chi connectivity index (χ0v) is 28.0. The van der Waals surface area contributed by atoms with Gasteiger partial charge in [-0.2, -0.15) is 0 Å². The van der Waals surface area contributed by atoms with Crippen molar-refractivity contribution in [3.63, 3.8) is 0 Å². The fourth-order valence-corrected chi connectivity index (χ4v) is 7.04. The van der Waals surface area contributed by atoms with Crippen molar-refractivity contribution in [1.82, 2.24) is 24.7 Å². The highest BCUT2D eigenvalue weighted by atomic mass is 16.4. The molecule has 7 rings (SSSR count). The van der Waals surface area contributed by atoms with Gasteiger partial charge in [0.15, 0.2) is 0 Å². The molecule has 4 amide bonds. The summed E-state index contributed by atoms with van der Waals surface area (Å²) >= 11 is 0. The number of oxazole rings is 1. The van der Waals surface area contributed by atoms with E-state index in [-0.39, 0.29) is 23.6 Å². The molecular weight excluding hydrogens is 634 g/mol. The van der Waals surface area contributed by atoms with Crippen molar-refractivity contribution in [3.8, 4) is 11.3 Å². The van der Waals surface area contributed by atoms with E-state index in [4.69, 9.17) is 4.42 Å². The van der Waals surface area contributed by atoms with Crippen molar-refractivity contribution in [2.45, 2.75) is 43.8 Å². The Labute approximate surface area is 289 Å². The molecule has 0 aliphatic carbocycles. The lowest BCUT2D eigenvalue weighted by molar-refractivity contribution is -0.140. The summed E-state index contributed by atoms with van der Waals surface area (Å²) in [7, 11) is 3.76. The maximum atomic E-state index is 13.7. The summed E-state index contributed by atoms with van der Waals surface area (Å²) in [5.74, 6) is -0.941. The van der Waals surface area contributed by atoms with Gasteiger partial charge in [0.05, 0.1) is 6.20 Å². The number of nitrogens with one attached hydrogen (secondary N) is 3. The standard InChI is InChI=1S/C38H39N7O5/c1-43(2)33(25-8-4-3-5-9-25)37(48)44-19-6-10-31(44)35(47)41-28-16-17-29-26(22-28)23-30(42-29)24-12-14-27(15-13-24)40-34(46)32-11-7-20-45(32)38(49)36-39-18-21-50-36/h3-5,8-9,12-18,21-23,31-33,42H,6-7,10-11,19-20H2,1-2H3,(H,40,46)(H,41,47)/t31-,32-,33+/m0/s1. The minimum Gasteiger partial charge on any atom is -0.441 e. The Hall–Kier alpha value is -5.75. The first-order valence-electron chi connectivity index (χ1n) is 16.8. The maximum Gasteiger partial charge on any atom is 0.310 e. The van der Waals surface area contributed by atoms with Gasteiger partial charge in [-0.05, 0) is 87.3 Å². The predicted octanol–water partition coefficient (Wildman–Crippen LogP) is 5.30. The van der Waals surface area contributed by atoms with Gasteiger partial charge in [-0.3, -0.25) is 24.1 Å². The molecule has 2 saturated heterocycles. The third kappa shape index (κ3) is 6.61. The molecule has 2 aliphatic rings. The quantitative estimate of drug-likeness (QED) is 0.193. The molecule has 2 fully saturated rings. The van der Waals surface area contributed by atoms with Crippen molar-refractivity contribution in [3.05, 3.63) is 103 Å². The van der Waals surface area contributed by atoms with E-state index in [0.717, 1.165) is 40.6 Å². The Kier molecular flexibility index (Phi) is 9.18. The summed E-state index contributed by atoms with van der Waals surface area (Å²) in [6.07, 6.45) is 5.42. The average Bonchev–Trinajstić information content (AvgIpc) is 3.95. The molecule has 4 heterocycles. The second kappa shape index (κ2) is 14.0. The Morgan fingerprint density at radius 3 is 2.18 bits per heavy atom. The van der Waals surface area contributed by atoms with Crippen LogP contribution in [0.5, 0.6) is 0 Å². The van der Waals surface area contributed by atoms with E-state index < -0.39 is 24.0 Å². The number of hydrogen-bond donors (Lipinski definition) is 3. The van der Waals surface area contributed by atoms with Gasteiger partial charge < -0.3 is 29.8 Å². The minimum atomic E-state index is -0.598. The SMILES string of the molecule is CN(C)[C@@H](C(=O)N1CCC[C@H]1C(=O)Nc1ccc2[nH]c(-c3ccc(NC(=O)[C@@H]4CCCN4C(=O)c4ncco4)cc3)cc2c1)c1ccccc1. The Morgan fingerprint density at radius 2 is 1.50 bits per heavy atom. The smallest absolute Gasteiger partial charge is 0.310 e. The van der Waals surface area contributed by atoms with Crippen molar-refractivity contribution in [2.24, 2.45) is 0 Å². The molecule has 0 unspecified atom stereocenters. The second-order valence-corrected chi connectivity index (χ2v) is 13.0. The molecule has 256 valence electrons. The molecule has 3 atom stereocenters. The summed E-state index contributed by atoms with van der Waals surface area (Å²) in [4.78, 5) is 65.6. The number of likely N-dealkylation sites (tertiary alicyclic amines) is 2. The summed E-state index contributed by atoms with van der Waals surface area (Å²) < 4.78 is 5.14. The lowest BCUT2D eigenvalue weighted by atomic mass is 10.0. The first kappa shape index (κ1) is 32.8. The number of nitrogens with zero attached hydrogens (tertiary/aromatic N) is 4. The lowest BCUT2D eigenvalue weighted by Crippen LogP contribution is -2.47. The molecule has 0 spiro atoms. The van der Waals surface area contributed by atoms with Crippen LogP contribution in [0.2, 0.25) is 0 Å². The van der Waals surface area contributed by atoms with Gasteiger partial charge in [-0.15, -0.1) is 0 Å². The first-order valence-corrected chi connectivity index (χ1v) is 16.8. The van der Waals surface area contributed by atoms with Crippen LogP contribution in [-0.4, -0.2) is 87.6 Å². The van der Waals surface area contributed by atoms with Gasteiger partial charge in [0.2, 0.25) is 17.7 Å². The Balaban J connectivity index is 0.998. The lowest BCUT2D eigenvalue weighted by Gasteiger charge is -2.31. The highest BCUT2D eigenvalue weighted by Gasteiger charge is 2.39. The molecule has 12 nitrogen and oxygen atoms in total. The third-order valence-electron chi connectivity index (χ3n) is 9.49. The number of fused-ring (bicyclic) bond motifs is 1. The summed E-state index contributed by atoms with van der Waals surface area (Å²) in [6, 6.07) is 23.2. The van der Waals surface area contributed by atoms with E-state index in [9.17, 15) is 19.2 Å². The normalized spacial score (nSPS) is 18.1. The highest BCUT2D eigenvalue weighted by Crippen LogP contribution is 2.30. The topological polar surface area (TPSA) is 144 Å². The van der Waals surface area contributed by atoms with Crippen LogP contribution < -0.4 is 10.6 Å². The fraction of sp³-hybridized carbons (Fsp3) is 0.289. The van der Waals surface area contributed by atoms with Crippen LogP contribution in [0.3, 0.4) is 0 Å². The minimum absolute atomic E-state index is 0.0216. The van der Waals surface area contributed by atoms with Gasteiger partial charge in [0.1, 0.15) is 24.4 Å². The number of anilines is 2. The predicted molar refractivity (Wildman–Crippen MR) is 189 cm³/mol. The fourth-order valence-electron chi connectivity index (χ4n) is 7.04. The molecular formula is C38H39N7O5. The monoisotopic (exact) mass is 673 g/mol. The van der Waals surface area contributed by atoms with E-state index in [0.29, 0.717) is 37.3 Å². The van der Waals surface area contributed by atoms with Gasteiger partial charge in [0, 0.05) is 41.1 Å². The molecule has 50 heavy (non-hydrogen) atoms. The van der Waals surface area contributed by atoms with Gasteiger partial charge in [-0.1, -0.05) is 42.5 Å². The second-order valence-electron chi connectivity index (χ2n) is 13.0. The number of H-pyrrole nitrogens is 1. The summed E-state index contributed by atoms with van der Waals surface area (Å²) in [6.45, 7) is 1.01. The molecule has 0 saturated carbocycles. The largest absolute Gasteiger partial charge is 0.441 e. The van der Waals surface area contributed by atoms with Crippen LogP contribution in [0.4, 0.5) is 11.4 Å². The van der Waals surface area contributed by atoms with Crippen molar-refractivity contribution >= 4 is 45.9 Å². The van der Waals surface area contributed by atoms with Crippen molar-refractivity contribution in [2.75, 3.05) is 37.8 Å². The third-order valence-corrected chi connectivity index (χ3v) is 9.49. The first-order chi connectivity index (χ1) is 24.3. The van der Waals surface area contributed by atoms with E-state index >= 15 is 0 Å². The zero-order valence-electron chi connectivity index (χ0n) is 28.0. The molecule has 12 heteroatoms. The number of rotatable bonds is 9. The van der Waals surface area contributed by atoms with E-state index in [1.807, 2.05) is 97.9 Å². The Morgan fingerprint density at radius 1 is 0.840 bits per heavy atom. The zero-order chi connectivity index (χ0) is 34.8. The van der Waals surface area contributed by atoms with Crippen LogP contribution >= 0.6 is 0 Å². The average molecular weight is 674 g/mol. The number of carbonyl (C=O) groups excluding carboxylic acids is 4. The molecule has 3 N–H and O–H groups in total. The number of carbonyl (C=O) groups is 4. The van der Waals surface area contributed by atoms with Crippen LogP contribution in [0.25, 0.3) is 22.2 Å². The van der Waals surface area contributed by atoms with Gasteiger partial charge in [0.25, 0.3) is 5.89 Å². The number of amides is 4. The molecule has 0 bridgehead atoms. The Bertz CT molecular complexity index is 2010. The number of aromatic nitrogens is 2. The van der Waals surface area contributed by atoms with Gasteiger partial charge >= 0.3 is 5.91 Å². The van der Waals surface area contributed by atoms with E-state index in [2.05, 4.69) is 20.6 Å². The van der Waals surface area contributed by atoms with Crippen LogP contribution in [-0.2, 0) is 14.4 Å². The van der Waals surface area contributed by atoms with Gasteiger partial charge in [-0.25, -0.2) is 4.98 Å². The number of benzene rings is 3. The van der Waals surface area contributed by atoms with Crippen LogP contribution in [0.15, 0.2) is 95.7 Å². The summed E-state index contributed by atoms with van der Waals surface area (Å²) in [5, 5.41) is 6.91. The molecule has 0 radical (unpaired) electrons. The number of aromatic amines is 1. The number of hydrogen-bond acceptors (Lipinski definition) is 7. The van der Waals surface area contributed by atoms with Crippen molar-refractivity contribution in [1.29, 1.82) is 0 Å². The van der Waals surface area contributed by atoms with E-state index in [1.54, 1.807) is 4.90 Å². The molecule has 2 aliphatic heterocycles. The summed E-state index contributed by atoms with van der Waals surface area (Å²) in [5.41, 5.74) is 4.87. The molecule has 5 aromatic rings. The highest BCUT2D eigenvalue weighted by molar-refractivity contribution is 6.01.